The molecule has 14 rings (SSSR count). The number of fused-ring (bicyclic) bond motifs is 18. The van der Waals surface area contributed by atoms with Gasteiger partial charge in [-0.15, -0.1) is 22.7 Å². The SMILES string of the molecule is c1ccc2c(c1)-c1ccccc1-n1c3ccccc3c3cc4c(c-2c31)c1ccccc1n4-c1nc2c(nc1-c1ccc3c(c1)sc1ccccc13)sc1ccccc12. The molecule has 0 fully saturated rings. The molecule has 0 radical (unpaired) electrons. The number of thiophene rings is 2. The third kappa shape index (κ3) is 3.98. The van der Waals surface area contributed by atoms with Gasteiger partial charge in [-0.3, -0.25) is 4.57 Å². The van der Waals surface area contributed by atoms with Gasteiger partial charge in [-0.1, -0.05) is 127 Å². The second-order valence-electron chi connectivity index (χ2n) is 15.3. The Morgan fingerprint density at radius 3 is 1.90 bits per heavy atom. The summed E-state index contributed by atoms with van der Waals surface area (Å²) in [4.78, 5) is 12.3. The van der Waals surface area contributed by atoms with Crippen LogP contribution >= 0.6 is 22.7 Å². The molecule has 8 aromatic carbocycles. The molecule has 0 saturated carbocycles. The standard InChI is InChI=1S/C52H28N4S2/c1-2-17-35-30(13-1)31-14-3-8-20-39(31)55-40-21-9-4-15-32(40)38-28-42-46(47(35)50(38)55)36-18-5-10-22-41(36)56(42)51-48(54-52-49(53-51)37-19-7-12-24-44(37)58-52)29-25-26-34-33-16-6-11-23-43(33)57-45(34)27-29/h1-28H. The molecule has 6 heteroatoms. The molecule has 0 unspecified atom stereocenters. The van der Waals surface area contributed by atoms with Gasteiger partial charge >= 0.3 is 0 Å². The van der Waals surface area contributed by atoms with Crippen LogP contribution in [0.25, 0.3) is 129 Å². The minimum absolute atomic E-state index is 0.836. The Morgan fingerprint density at radius 1 is 0.414 bits per heavy atom. The van der Waals surface area contributed by atoms with E-state index in [0.717, 1.165) is 43.8 Å². The number of para-hydroxylation sites is 3. The molecule has 1 aliphatic rings. The Labute approximate surface area is 339 Å². The number of nitrogens with zero attached hydrogens (tertiary/aromatic N) is 4. The predicted molar refractivity (Wildman–Crippen MR) is 246 cm³/mol. The molecule has 0 saturated heterocycles. The van der Waals surface area contributed by atoms with Crippen LogP contribution in [0.2, 0.25) is 0 Å². The third-order valence-corrected chi connectivity index (χ3v) is 14.5. The smallest absolute Gasteiger partial charge is 0.165 e. The number of hydrogen-bond acceptors (Lipinski definition) is 4. The van der Waals surface area contributed by atoms with Crippen LogP contribution in [0.4, 0.5) is 0 Å². The van der Waals surface area contributed by atoms with Crippen molar-refractivity contribution in [2.24, 2.45) is 0 Å². The summed E-state index contributed by atoms with van der Waals surface area (Å²) in [6, 6.07) is 62.1. The normalized spacial score (nSPS) is 12.5. The summed E-state index contributed by atoms with van der Waals surface area (Å²) < 4.78 is 8.65. The van der Waals surface area contributed by atoms with Crippen LogP contribution in [0, 0.1) is 0 Å². The van der Waals surface area contributed by atoms with Crippen LogP contribution in [0.5, 0.6) is 0 Å². The van der Waals surface area contributed by atoms with Gasteiger partial charge < -0.3 is 4.57 Å². The Kier molecular flexibility index (Phi) is 6.02. The molecule has 1 aliphatic heterocycles. The fourth-order valence-electron chi connectivity index (χ4n) is 9.88. The fourth-order valence-corrected chi connectivity index (χ4v) is 12.0. The van der Waals surface area contributed by atoms with Crippen molar-refractivity contribution in [2.45, 2.75) is 0 Å². The predicted octanol–water partition coefficient (Wildman–Crippen LogP) is 14.7. The second kappa shape index (κ2) is 11.3. The van der Waals surface area contributed by atoms with Gasteiger partial charge in [-0.2, -0.15) is 0 Å². The lowest BCUT2D eigenvalue weighted by Crippen LogP contribution is -2.03. The van der Waals surface area contributed by atoms with E-state index < -0.39 is 0 Å². The van der Waals surface area contributed by atoms with E-state index in [9.17, 15) is 0 Å². The largest absolute Gasteiger partial charge is 0.308 e. The highest BCUT2D eigenvalue weighted by Gasteiger charge is 2.30. The van der Waals surface area contributed by atoms with Crippen molar-refractivity contribution in [1.82, 2.24) is 19.1 Å². The van der Waals surface area contributed by atoms with Crippen molar-refractivity contribution in [2.75, 3.05) is 0 Å². The van der Waals surface area contributed by atoms with E-state index in [1.807, 2.05) is 11.3 Å². The maximum atomic E-state index is 5.73. The van der Waals surface area contributed by atoms with E-state index >= 15 is 0 Å². The number of rotatable bonds is 2. The maximum absolute atomic E-state index is 5.73. The number of benzene rings is 8. The molecule has 13 aromatic rings. The molecule has 0 atom stereocenters. The van der Waals surface area contributed by atoms with Crippen molar-refractivity contribution >= 4 is 107 Å². The van der Waals surface area contributed by atoms with Gasteiger partial charge in [0.1, 0.15) is 16.0 Å². The second-order valence-corrected chi connectivity index (χ2v) is 17.4. The topological polar surface area (TPSA) is 35.6 Å². The fraction of sp³-hybridized carbons (Fsp3) is 0. The van der Waals surface area contributed by atoms with Crippen LogP contribution < -0.4 is 0 Å². The van der Waals surface area contributed by atoms with Gasteiger partial charge in [0.05, 0.1) is 27.8 Å². The van der Waals surface area contributed by atoms with Crippen molar-refractivity contribution in [3.63, 3.8) is 0 Å². The number of hydrogen-bond donors (Lipinski definition) is 0. The van der Waals surface area contributed by atoms with E-state index in [4.69, 9.17) is 9.97 Å². The maximum Gasteiger partial charge on any atom is 0.165 e. The lowest BCUT2D eigenvalue weighted by molar-refractivity contribution is 1.09. The molecule has 6 heterocycles. The first kappa shape index (κ1) is 31.0. The van der Waals surface area contributed by atoms with Crippen molar-refractivity contribution in [3.8, 4) is 45.0 Å². The highest BCUT2D eigenvalue weighted by atomic mass is 32.1. The molecule has 0 aliphatic carbocycles. The van der Waals surface area contributed by atoms with Crippen molar-refractivity contribution < 1.29 is 0 Å². The molecule has 268 valence electrons. The van der Waals surface area contributed by atoms with Gasteiger partial charge in [0.25, 0.3) is 0 Å². The molecule has 58 heavy (non-hydrogen) atoms. The molecule has 0 N–H and O–H groups in total. The summed E-state index contributed by atoms with van der Waals surface area (Å²) in [7, 11) is 0. The summed E-state index contributed by atoms with van der Waals surface area (Å²) in [5, 5.41) is 8.55. The van der Waals surface area contributed by atoms with Gasteiger partial charge in [0.15, 0.2) is 5.82 Å². The van der Waals surface area contributed by atoms with Crippen LogP contribution in [0.3, 0.4) is 0 Å². The van der Waals surface area contributed by atoms with Gasteiger partial charge in [-0.25, -0.2) is 9.97 Å². The zero-order valence-corrected chi connectivity index (χ0v) is 32.4. The van der Waals surface area contributed by atoms with Crippen LogP contribution in [-0.2, 0) is 0 Å². The van der Waals surface area contributed by atoms with Gasteiger partial charge in [0, 0.05) is 68.5 Å². The first-order valence-corrected chi connectivity index (χ1v) is 21.2. The Morgan fingerprint density at radius 2 is 1.05 bits per heavy atom. The lowest BCUT2D eigenvalue weighted by atomic mass is 9.91. The lowest BCUT2D eigenvalue weighted by Gasteiger charge is -2.14. The van der Waals surface area contributed by atoms with E-state index in [0.29, 0.717) is 0 Å². The van der Waals surface area contributed by atoms with Crippen LogP contribution in [0.15, 0.2) is 170 Å². The molecular weight excluding hydrogens is 745 g/mol. The molecule has 4 nitrogen and oxygen atoms in total. The molecule has 5 aromatic heterocycles. The van der Waals surface area contributed by atoms with E-state index in [2.05, 4.69) is 179 Å². The van der Waals surface area contributed by atoms with Gasteiger partial charge in [-0.05, 0) is 53.6 Å². The Bertz CT molecular complexity index is 3930. The molecule has 0 spiro atoms. The zero-order chi connectivity index (χ0) is 37.6. The van der Waals surface area contributed by atoms with E-state index in [1.54, 1.807) is 11.3 Å². The minimum Gasteiger partial charge on any atom is -0.308 e. The average molecular weight is 773 g/mol. The third-order valence-electron chi connectivity index (χ3n) is 12.3. The number of aromatic nitrogens is 4. The van der Waals surface area contributed by atoms with Crippen LogP contribution in [-0.4, -0.2) is 19.1 Å². The van der Waals surface area contributed by atoms with E-state index in [-0.39, 0.29) is 0 Å². The summed E-state index contributed by atoms with van der Waals surface area (Å²) >= 11 is 3.55. The highest BCUT2D eigenvalue weighted by Crippen LogP contribution is 2.52. The quantitative estimate of drug-likeness (QED) is 0.175. The molecule has 0 bridgehead atoms. The Balaban J connectivity index is 1.19. The summed E-state index contributed by atoms with van der Waals surface area (Å²) in [6.45, 7) is 0. The monoisotopic (exact) mass is 772 g/mol. The van der Waals surface area contributed by atoms with Crippen LogP contribution in [0.1, 0.15) is 0 Å². The van der Waals surface area contributed by atoms with Crippen molar-refractivity contribution in [1.29, 1.82) is 0 Å². The Hall–Kier alpha value is -7.12. The first-order chi connectivity index (χ1) is 28.8. The summed E-state index contributed by atoms with van der Waals surface area (Å²) in [5.41, 5.74) is 13.7. The molecule has 0 amide bonds. The minimum atomic E-state index is 0.836. The van der Waals surface area contributed by atoms with Crippen molar-refractivity contribution in [3.05, 3.63) is 170 Å². The van der Waals surface area contributed by atoms with E-state index in [1.165, 1.54) is 85.4 Å². The highest BCUT2D eigenvalue weighted by molar-refractivity contribution is 7.26. The summed E-state index contributed by atoms with van der Waals surface area (Å²) in [6.07, 6.45) is 0. The zero-order valence-electron chi connectivity index (χ0n) is 30.8. The average Bonchev–Trinajstić information content (AvgIpc) is 4.00. The first-order valence-electron chi connectivity index (χ1n) is 19.6. The summed E-state index contributed by atoms with van der Waals surface area (Å²) in [5.74, 6) is 0.836. The van der Waals surface area contributed by atoms with Gasteiger partial charge in [0.2, 0.25) is 0 Å². The molecular formula is C52H28N4S2.